The first kappa shape index (κ1) is 15.8. The molecule has 2 heterocycles. The Morgan fingerprint density at radius 1 is 1.43 bits per heavy atom. The second-order valence-corrected chi connectivity index (χ2v) is 6.24. The monoisotopic (exact) mass is 318 g/mol. The Labute approximate surface area is 135 Å². The van der Waals surface area contributed by atoms with Crippen molar-refractivity contribution in [3.8, 4) is 0 Å². The maximum atomic E-state index is 12.3. The van der Waals surface area contributed by atoms with Crippen molar-refractivity contribution in [3.63, 3.8) is 0 Å². The molecule has 1 saturated heterocycles. The van der Waals surface area contributed by atoms with Gasteiger partial charge in [-0.1, -0.05) is 6.42 Å². The van der Waals surface area contributed by atoms with Crippen LogP contribution in [0.1, 0.15) is 36.5 Å². The van der Waals surface area contributed by atoms with Crippen molar-refractivity contribution in [3.05, 3.63) is 23.9 Å². The van der Waals surface area contributed by atoms with Gasteiger partial charge >= 0.3 is 11.9 Å². The molecule has 0 aromatic carbocycles. The van der Waals surface area contributed by atoms with E-state index in [2.05, 4.69) is 9.88 Å². The van der Waals surface area contributed by atoms with Crippen molar-refractivity contribution >= 4 is 17.8 Å². The number of rotatable bonds is 4. The van der Waals surface area contributed by atoms with Crippen molar-refractivity contribution < 1.29 is 19.1 Å². The number of anilines is 1. The summed E-state index contributed by atoms with van der Waals surface area (Å²) in [5, 5.41) is 0. The number of carbonyl (C=O) groups is 2. The molecule has 0 N–H and O–H groups in total. The van der Waals surface area contributed by atoms with E-state index in [0.717, 1.165) is 31.6 Å². The van der Waals surface area contributed by atoms with E-state index in [9.17, 15) is 9.59 Å². The van der Waals surface area contributed by atoms with Crippen LogP contribution in [0.15, 0.2) is 18.3 Å². The van der Waals surface area contributed by atoms with Crippen LogP contribution in [0, 0.1) is 11.3 Å². The first-order valence-electron chi connectivity index (χ1n) is 8.07. The third-order valence-electron chi connectivity index (χ3n) is 5.05. The van der Waals surface area contributed by atoms with Crippen LogP contribution in [0.4, 0.5) is 5.82 Å². The Hall–Kier alpha value is -2.11. The number of esters is 2. The fraction of sp³-hybridized carbons (Fsp3) is 0.588. The van der Waals surface area contributed by atoms with Crippen LogP contribution in [0.25, 0.3) is 0 Å². The molecule has 1 aliphatic heterocycles. The summed E-state index contributed by atoms with van der Waals surface area (Å²) in [4.78, 5) is 30.5. The molecule has 2 aliphatic rings. The summed E-state index contributed by atoms with van der Waals surface area (Å²) in [7, 11) is 1.46. The van der Waals surface area contributed by atoms with Crippen molar-refractivity contribution in [1.29, 1.82) is 0 Å². The highest BCUT2D eigenvalue weighted by Crippen LogP contribution is 2.50. The molecule has 0 radical (unpaired) electrons. The third-order valence-corrected chi connectivity index (χ3v) is 5.05. The number of methoxy groups -OCH3 is 1. The van der Waals surface area contributed by atoms with Crippen molar-refractivity contribution in [2.24, 2.45) is 11.3 Å². The first-order chi connectivity index (χ1) is 11.1. The van der Waals surface area contributed by atoms with Crippen LogP contribution in [-0.2, 0) is 14.3 Å². The zero-order chi connectivity index (χ0) is 16.4. The van der Waals surface area contributed by atoms with E-state index < -0.39 is 5.41 Å². The minimum absolute atomic E-state index is 0.106. The van der Waals surface area contributed by atoms with Crippen LogP contribution in [-0.4, -0.2) is 43.7 Å². The van der Waals surface area contributed by atoms with Gasteiger partial charge in [0, 0.05) is 19.3 Å². The predicted molar refractivity (Wildman–Crippen MR) is 84.2 cm³/mol. The van der Waals surface area contributed by atoms with E-state index in [-0.39, 0.29) is 11.9 Å². The molecule has 0 bridgehead atoms. The van der Waals surface area contributed by atoms with Gasteiger partial charge in [-0.05, 0) is 37.8 Å². The molecule has 2 atom stereocenters. The second-order valence-electron chi connectivity index (χ2n) is 6.24. The number of pyridine rings is 1. The van der Waals surface area contributed by atoms with Gasteiger partial charge in [-0.25, -0.2) is 9.78 Å². The number of carbonyl (C=O) groups excluding carboxylic acids is 2. The Balaban J connectivity index is 1.76. The number of nitrogens with zero attached hydrogens (tertiary/aromatic N) is 2. The summed E-state index contributed by atoms with van der Waals surface area (Å²) >= 11 is 0. The molecule has 1 aromatic rings. The van der Waals surface area contributed by atoms with E-state index >= 15 is 0 Å². The summed E-state index contributed by atoms with van der Waals surface area (Å²) in [5.41, 5.74) is 0.0497. The van der Waals surface area contributed by atoms with Gasteiger partial charge in [0.05, 0.1) is 24.7 Å². The average Bonchev–Trinajstić information content (AvgIpc) is 3.12. The number of hydrogen-bond acceptors (Lipinski definition) is 6. The second kappa shape index (κ2) is 6.18. The maximum absolute atomic E-state index is 12.3. The lowest BCUT2D eigenvalue weighted by Crippen LogP contribution is -2.37. The fourth-order valence-electron chi connectivity index (χ4n) is 3.91. The molecule has 6 nitrogen and oxygen atoms in total. The van der Waals surface area contributed by atoms with Gasteiger partial charge in [-0.15, -0.1) is 0 Å². The molecule has 3 rings (SSSR count). The van der Waals surface area contributed by atoms with E-state index in [4.69, 9.17) is 9.47 Å². The lowest BCUT2D eigenvalue weighted by atomic mass is 9.81. The lowest BCUT2D eigenvalue weighted by molar-refractivity contribution is -0.152. The molecule has 1 aliphatic carbocycles. The van der Waals surface area contributed by atoms with Crippen molar-refractivity contribution in [2.75, 3.05) is 31.7 Å². The summed E-state index contributed by atoms with van der Waals surface area (Å²) in [5.74, 6) is 0.638. The molecular weight excluding hydrogens is 296 g/mol. The Bertz CT molecular complexity index is 601. The molecule has 6 heteroatoms. The molecule has 124 valence electrons. The molecule has 1 saturated carbocycles. The highest BCUT2D eigenvalue weighted by Gasteiger charge is 2.55. The zero-order valence-electron chi connectivity index (χ0n) is 13.6. The van der Waals surface area contributed by atoms with Gasteiger partial charge in [0.15, 0.2) is 0 Å². The highest BCUT2D eigenvalue weighted by atomic mass is 16.5. The van der Waals surface area contributed by atoms with Crippen LogP contribution in [0.2, 0.25) is 0 Å². The molecular formula is C17H22N2O4. The van der Waals surface area contributed by atoms with Crippen molar-refractivity contribution in [2.45, 2.75) is 26.2 Å². The number of aromatic nitrogens is 1. The zero-order valence-corrected chi connectivity index (χ0v) is 13.6. The molecule has 2 unspecified atom stereocenters. The van der Waals surface area contributed by atoms with E-state index in [1.165, 1.54) is 13.3 Å². The third kappa shape index (κ3) is 2.66. The van der Waals surface area contributed by atoms with E-state index in [1.807, 2.05) is 6.07 Å². The lowest BCUT2D eigenvalue weighted by Gasteiger charge is -2.25. The molecule has 0 spiro atoms. The first-order valence-corrected chi connectivity index (χ1v) is 8.07. The van der Waals surface area contributed by atoms with Gasteiger partial charge in [-0.3, -0.25) is 4.79 Å². The van der Waals surface area contributed by atoms with Crippen LogP contribution < -0.4 is 4.90 Å². The van der Waals surface area contributed by atoms with Crippen LogP contribution >= 0.6 is 0 Å². The van der Waals surface area contributed by atoms with E-state index in [0.29, 0.717) is 24.6 Å². The van der Waals surface area contributed by atoms with Crippen LogP contribution in [0.3, 0.4) is 0 Å². The summed E-state index contributed by atoms with van der Waals surface area (Å²) in [6.07, 6.45) is 4.53. The molecule has 2 fully saturated rings. The maximum Gasteiger partial charge on any atom is 0.339 e. The SMILES string of the molecule is CCOC(=O)c1ccc(N2CC3CCCC3(C(=O)OC)C2)nc1. The predicted octanol–water partition coefficient (Wildman–Crippen LogP) is 2.04. The average molecular weight is 318 g/mol. The molecule has 1 aromatic heterocycles. The van der Waals surface area contributed by atoms with Gasteiger partial charge in [-0.2, -0.15) is 0 Å². The summed E-state index contributed by atoms with van der Waals surface area (Å²) < 4.78 is 10.0. The standard InChI is InChI=1S/C17H22N2O4/c1-3-23-15(20)12-6-7-14(18-9-12)19-10-13-5-4-8-17(13,11-19)16(21)22-2/h6-7,9,13H,3-5,8,10-11H2,1-2H3. The van der Waals surface area contributed by atoms with Gasteiger partial charge in [0.25, 0.3) is 0 Å². The fourth-order valence-corrected chi connectivity index (χ4v) is 3.91. The van der Waals surface area contributed by atoms with Gasteiger partial charge in [0.2, 0.25) is 0 Å². The minimum Gasteiger partial charge on any atom is -0.469 e. The smallest absolute Gasteiger partial charge is 0.339 e. The Kier molecular flexibility index (Phi) is 4.24. The van der Waals surface area contributed by atoms with Gasteiger partial charge in [0.1, 0.15) is 5.82 Å². The molecule has 0 amide bonds. The Morgan fingerprint density at radius 3 is 2.91 bits per heavy atom. The minimum atomic E-state index is -0.393. The number of hydrogen-bond donors (Lipinski definition) is 0. The molecule has 23 heavy (non-hydrogen) atoms. The summed E-state index contributed by atoms with van der Waals surface area (Å²) in [6.45, 7) is 3.56. The quantitative estimate of drug-likeness (QED) is 0.791. The van der Waals surface area contributed by atoms with E-state index in [1.54, 1.807) is 13.0 Å². The normalized spacial score (nSPS) is 26.0. The number of fused-ring (bicyclic) bond motifs is 1. The largest absolute Gasteiger partial charge is 0.469 e. The summed E-state index contributed by atoms with van der Waals surface area (Å²) in [6, 6.07) is 3.54. The van der Waals surface area contributed by atoms with Gasteiger partial charge < -0.3 is 14.4 Å². The highest BCUT2D eigenvalue weighted by molar-refractivity contribution is 5.89. The topological polar surface area (TPSA) is 68.7 Å². The number of ether oxygens (including phenoxy) is 2. The van der Waals surface area contributed by atoms with Crippen molar-refractivity contribution in [1.82, 2.24) is 4.98 Å². The Morgan fingerprint density at radius 2 is 2.26 bits per heavy atom. The van der Waals surface area contributed by atoms with Crippen LogP contribution in [0.5, 0.6) is 0 Å².